The highest BCUT2D eigenvalue weighted by Crippen LogP contribution is 2.17. The number of carbonyl (C=O) groups excluding carboxylic acids is 1. The number of sulfonamides is 1. The molecule has 0 aliphatic carbocycles. The standard InChI is InChI=1S/C12H16N2O4S/c1-18-12(15)10-4-2-3-9(5-10)8-19(16,17)14-6-11(13)7-14/h2-5,11H,6-8,13H2,1H3. The Kier molecular flexibility index (Phi) is 3.88. The molecular formula is C12H16N2O4S. The summed E-state index contributed by atoms with van der Waals surface area (Å²) in [5, 5.41) is 0. The van der Waals surface area contributed by atoms with Gasteiger partial charge in [-0.1, -0.05) is 12.1 Å². The van der Waals surface area contributed by atoms with Gasteiger partial charge in [0.05, 0.1) is 18.4 Å². The highest BCUT2D eigenvalue weighted by Gasteiger charge is 2.33. The van der Waals surface area contributed by atoms with E-state index in [1.807, 2.05) is 0 Å². The van der Waals surface area contributed by atoms with Gasteiger partial charge in [-0.3, -0.25) is 0 Å². The number of methoxy groups -OCH3 is 1. The number of hydrogen-bond acceptors (Lipinski definition) is 5. The fourth-order valence-corrected chi connectivity index (χ4v) is 3.53. The molecule has 0 spiro atoms. The van der Waals surface area contributed by atoms with Crippen LogP contribution in [-0.2, 0) is 20.5 Å². The van der Waals surface area contributed by atoms with Crippen LogP contribution in [0.15, 0.2) is 24.3 Å². The van der Waals surface area contributed by atoms with Crippen molar-refractivity contribution < 1.29 is 17.9 Å². The third-order valence-electron chi connectivity index (χ3n) is 2.97. The molecule has 0 amide bonds. The summed E-state index contributed by atoms with van der Waals surface area (Å²) in [4.78, 5) is 11.4. The Morgan fingerprint density at radius 2 is 2.16 bits per heavy atom. The summed E-state index contributed by atoms with van der Waals surface area (Å²) >= 11 is 0. The van der Waals surface area contributed by atoms with Crippen LogP contribution in [0.4, 0.5) is 0 Å². The molecule has 1 saturated heterocycles. The zero-order valence-electron chi connectivity index (χ0n) is 10.6. The molecule has 1 aromatic rings. The number of ether oxygens (including phenoxy) is 1. The van der Waals surface area contributed by atoms with E-state index in [-0.39, 0.29) is 11.8 Å². The lowest BCUT2D eigenvalue weighted by molar-refractivity contribution is 0.0600. The van der Waals surface area contributed by atoms with E-state index in [2.05, 4.69) is 4.74 Å². The molecule has 2 rings (SSSR count). The minimum Gasteiger partial charge on any atom is -0.465 e. The molecule has 7 heteroatoms. The molecule has 1 fully saturated rings. The number of nitrogens with zero attached hydrogens (tertiary/aromatic N) is 1. The molecule has 0 unspecified atom stereocenters. The van der Waals surface area contributed by atoms with Crippen molar-refractivity contribution in [3.8, 4) is 0 Å². The van der Waals surface area contributed by atoms with Crippen LogP contribution in [0.5, 0.6) is 0 Å². The van der Waals surface area contributed by atoms with Crippen molar-refractivity contribution in [1.29, 1.82) is 0 Å². The Morgan fingerprint density at radius 3 is 2.74 bits per heavy atom. The third-order valence-corrected chi connectivity index (χ3v) is 4.75. The number of hydrogen-bond donors (Lipinski definition) is 1. The van der Waals surface area contributed by atoms with E-state index < -0.39 is 16.0 Å². The summed E-state index contributed by atoms with van der Waals surface area (Å²) in [5.74, 6) is -0.616. The lowest BCUT2D eigenvalue weighted by Crippen LogP contribution is -2.57. The Hall–Kier alpha value is -1.44. The minimum absolute atomic E-state index is 0.0730. The van der Waals surface area contributed by atoms with E-state index in [1.54, 1.807) is 18.2 Å². The van der Waals surface area contributed by atoms with Crippen molar-refractivity contribution in [3.05, 3.63) is 35.4 Å². The summed E-state index contributed by atoms with van der Waals surface area (Å²) < 4.78 is 30.0. The van der Waals surface area contributed by atoms with E-state index in [0.717, 1.165) is 0 Å². The Bertz CT molecular complexity index is 579. The number of rotatable bonds is 4. The van der Waals surface area contributed by atoms with Crippen molar-refractivity contribution in [2.75, 3.05) is 20.2 Å². The minimum atomic E-state index is -3.36. The molecule has 1 aromatic carbocycles. The molecule has 2 N–H and O–H groups in total. The molecule has 0 aromatic heterocycles. The fraction of sp³-hybridized carbons (Fsp3) is 0.417. The van der Waals surface area contributed by atoms with Gasteiger partial charge in [-0.2, -0.15) is 4.31 Å². The maximum atomic E-state index is 12.0. The molecule has 0 radical (unpaired) electrons. The van der Waals surface area contributed by atoms with Gasteiger partial charge in [0.25, 0.3) is 0 Å². The van der Waals surface area contributed by atoms with Crippen molar-refractivity contribution in [1.82, 2.24) is 4.31 Å². The van der Waals surface area contributed by atoms with Crippen LogP contribution in [0.1, 0.15) is 15.9 Å². The van der Waals surface area contributed by atoms with Crippen LogP contribution >= 0.6 is 0 Å². The van der Waals surface area contributed by atoms with Crippen LogP contribution in [0.3, 0.4) is 0 Å². The quantitative estimate of drug-likeness (QED) is 0.783. The van der Waals surface area contributed by atoms with Crippen LogP contribution in [0.2, 0.25) is 0 Å². The Morgan fingerprint density at radius 1 is 1.47 bits per heavy atom. The van der Waals surface area contributed by atoms with Crippen LogP contribution < -0.4 is 5.73 Å². The molecular weight excluding hydrogens is 268 g/mol. The Labute approximate surface area is 112 Å². The average Bonchev–Trinajstić information content (AvgIpc) is 2.33. The first-order valence-corrected chi connectivity index (χ1v) is 7.44. The van der Waals surface area contributed by atoms with E-state index in [9.17, 15) is 13.2 Å². The normalized spacial score (nSPS) is 16.9. The molecule has 104 valence electrons. The summed E-state index contributed by atoms with van der Waals surface area (Å²) in [6, 6.07) is 6.35. The number of esters is 1. The van der Waals surface area contributed by atoms with E-state index >= 15 is 0 Å². The first-order valence-electron chi connectivity index (χ1n) is 5.83. The molecule has 0 atom stereocenters. The molecule has 1 aliphatic heterocycles. The van der Waals surface area contributed by atoms with Gasteiger partial charge in [0.15, 0.2) is 0 Å². The van der Waals surface area contributed by atoms with Crippen LogP contribution in [0.25, 0.3) is 0 Å². The maximum absolute atomic E-state index is 12.0. The summed E-state index contributed by atoms with van der Waals surface area (Å²) in [6.45, 7) is 0.720. The molecule has 0 saturated carbocycles. The highest BCUT2D eigenvalue weighted by atomic mass is 32.2. The first kappa shape index (κ1) is 14.0. The van der Waals surface area contributed by atoms with Gasteiger partial charge in [-0.15, -0.1) is 0 Å². The second kappa shape index (κ2) is 5.28. The van der Waals surface area contributed by atoms with E-state index in [4.69, 9.17) is 5.73 Å². The predicted octanol–water partition coefficient (Wildman–Crippen LogP) is -0.0541. The van der Waals surface area contributed by atoms with Gasteiger partial charge >= 0.3 is 5.97 Å². The first-order chi connectivity index (χ1) is 8.92. The third kappa shape index (κ3) is 3.12. The number of nitrogens with two attached hydrogens (primary N) is 1. The SMILES string of the molecule is COC(=O)c1cccc(CS(=O)(=O)N2CC(N)C2)c1. The topological polar surface area (TPSA) is 89.7 Å². The zero-order valence-corrected chi connectivity index (χ0v) is 11.4. The van der Waals surface area contributed by atoms with Crippen LogP contribution in [0, 0.1) is 0 Å². The molecule has 1 aliphatic rings. The molecule has 0 bridgehead atoms. The summed E-state index contributed by atoms with van der Waals surface area (Å²) in [7, 11) is -2.07. The summed E-state index contributed by atoms with van der Waals surface area (Å²) in [5.41, 5.74) is 6.48. The van der Waals surface area contributed by atoms with E-state index in [0.29, 0.717) is 24.2 Å². The number of carbonyl (C=O) groups is 1. The molecule has 19 heavy (non-hydrogen) atoms. The smallest absolute Gasteiger partial charge is 0.337 e. The number of benzene rings is 1. The largest absolute Gasteiger partial charge is 0.465 e. The second-order valence-corrected chi connectivity index (χ2v) is 6.49. The van der Waals surface area contributed by atoms with Gasteiger partial charge in [-0.05, 0) is 17.7 Å². The summed E-state index contributed by atoms with van der Waals surface area (Å²) in [6.07, 6.45) is 0. The van der Waals surface area contributed by atoms with Gasteiger partial charge < -0.3 is 10.5 Å². The van der Waals surface area contributed by atoms with Gasteiger partial charge in [0.2, 0.25) is 10.0 Å². The van der Waals surface area contributed by atoms with Gasteiger partial charge in [0, 0.05) is 19.1 Å². The maximum Gasteiger partial charge on any atom is 0.337 e. The zero-order chi connectivity index (χ0) is 14.0. The highest BCUT2D eigenvalue weighted by molar-refractivity contribution is 7.88. The van der Waals surface area contributed by atoms with Crippen LogP contribution in [-0.4, -0.2) is 44.9 Å². The average molecular weight is 284 g/mol. The van der Waals surface area contributed by atoms with Crippen molar-refractivity contribution in [2.45, 2.75) is 11.8 Å². The van der Waals surface area contributed by atoms with E-state index in [1.165, 1.54) is 17.5 Å². The van der Waals surface area contributed by atoms with Crippen molar-refractivity contribution in [3.63, 3.8) is 0 Å². The fourth-order valence-electron chi connectivity index (χ4n) is 1.90. The van der Waals surface area contributed by atoms with Gasteiger partial charge in [-0.25, -0.2) is 13.2 Å². The van der Waals surface area contributed by atoms with Crippen molar-refractivity contribution >= 4 is 16.0 Å². The lowest BCUT2D eigenvalue weighted by Gasteiger charge is -2.35. The second-order valence-electron chi connectivity index (χ2n) is 4.53. The molecule has 6 nitrogen and oxygen atoms in total. The predicted molar refractivity (Wildman–Crippen MR) is 70.0 cm³/mol. The van der Waals surface area contributed by atoms with Crippen molar-refractivity contribution in [2.24, 2.45) is 5.73 Å². The Balaban J connectivity index is 2.13. The lowest BCUT2D eigenvalue weighted by atomic mass is 10.1. The monoisotopic (exact) mass is 284 g/mol. The van der Waals surface area contributed by atoms with Gasteiger partial charge in [0.1, 0.15) is 0 Å². The molecule has 1 heterocycles.